The largest absolute Gasteiger partial charge is 0.353 e. The zero-order valence-corrected chi connectivity index (χ0v) is 16.3. The summed E-state index contributed by atoms with van der Waals surface area (Å²) < 4.78 is 0. The first-order valence-electron chi connectivity index (χ1n) is 7.83. The highest BCUT2D eigenvalue weighted by atomic mass is 35.5. The molecule has 6 nitrogen and oxygen atoms in total. The summed E-state index contributed by atoms with van der Waals surface area (Å²) in [5.41, 5.74) is 6.28. The van der Waals surface area contributed by atoms with E-state index in [-0.39, 0.29) is 55.8 Å². The van der Waals surface area contributed by atoms with E-state index in [2.05, 4.69) is 15.5 Å². The van der Waals surface area contributed by atoms with Crippen molar-refractivity contribution in [2.24, 2.45) is 5.73 Å². The molecule has 0 aromatic heterocycles. The monoisotopic (exact) mass is 410 g/mol. The predicted molar refractivity (Wildman–Crippen MR) is 105 cm³/mol. The van der Waals surface area contributed by atoms with Crippen LogP contribution in [0, 0.1) is 0 Å². The second-order valence-corrected chi connectivity index (χ2v) is 6.04. The summed E-state index contributed by atoms with van der Waals surface area (Å²) in [4.78, 5) is 25.3. The number of carbonyl (C=O) groups is 2. The fourth-order valence-electron chi connectivity index (χ4n) is 2.75. The van der Waals surface area contributed by atoms with Crippen molar-refractivity contribution in [3.63, 3.8) is 0 Å². The maximum atomic E-state index is 11.9. The molecule has 0 radical (unpaired) electrons. The van der Waals surface area contributed by atoms with Crippen molar-refractivity contribution in [1.29, 1.82) is 0 Å². The Hall–Kier alpha value is -1.05. The summed E-state index contributed by atoms with van der Waals surface area (Å²) >= 11 is 6.09. The normalized spacial score (nSPS) is 14.8. The number of nitrogens with two attached hydrogens (primary N) is 1. The number of hydrogen-bond donors (Lipinski definition) is 3. The van der Waals surface area contributed by atoms with Gasteiger partial charge in [0.25, 0.3) is 0 Å². The van der Waals surface area contributed by atoms with E-state index in [0.29, 0.717) is 11.6 Å². The average Bonchev–Trinajstić information content (AvgIpc) is 3.07. The Morgan fingerprint density at radius 2 is 1.84 bits per heavy atom. The predicted octanol–water partition coefficient (Wildman–Crippen LogP) is 1.51. The Morgan fingerprint density at radius 3 is 2.44 bits per heavy atom. The van der Waals surface area contributed by atoms with E-state index in [9.17, 15) is 9.59 Å². The first-order valence-corrected chi connectivity index (χ1v) is 8.21. The second kappa shape index (κ2) is 12.3. The van der Waals surface area contributed by atoms with Gasteiger partial charge in [0.15, 0.2) is 0 Å². The quantitative estimate of drug-likeness (QED) is 0.635. The summed E-state index contributed by atoms with van der Waals surface area (Å²) in [5, 5.41) is 6.03. The molecule has 0 bridgehead atoms. The maximum absolute atomic E-state index is 11.9. The number of nitrogens with zero attached hydrogens (tertiary/aromatic N) is 1. The van der Waals surface area contributed by atoms with Gasteiger partial charge in [-0.1, -0.05) is 23.7 Å². The van der Waals surface area contributed by atoms with Crippen LogP contribution in [0.5, 0.6) is 0 Å². The molecule has 0 aliphatic carbocycles. The molecule has 4 N–H and O–H groups in total. The van der Waals surface area contributed by atoms with Gasteiger partial charge in [0.1, 0.15) is 0 Å². The molecule has 1 saturated heterocycles. The number of benzene rings is 1. The van der Waals surface area contributed by atoms with Crippen LogP contribution in [0.25, 0.3) is 0 Å². The maximum Gasteiger partial charge on any atom is 0.239 e. The molecule has 1 aliphatic heterocycles. The molecule has 2 amide bonds. The molecule has 9 heteroatoms. The highest BCUT2D eigenvalue weighted by Crippen LogP contribution is 2.26. The van der Waals surface area contributed by atoms with Crippen molar-refractivity contribution in [1.82, 2.24) is 15.5 Å². The van der Waals surface area contributed by atoms with Crippen LogP contribution in [0.4, 0.5) is 0 Å². The second-order valence-electron chi connectivity index (χ2n) is 5.60. The van der Waals surface area contributed by atoms with Crippen molar-refractivity contribution >= 4 is 48.2 Å². The smallest absolute Gasteiger partial charge is 0.239 e. The lowest BCUT2D eigenvalue weighted by molar-refractivity contribution is -0.125. The van der Waals surface area contributed by atoms with Crippen LogP contribution >= 0.6 is 36.4 Å². The molecule has 142 valence electrons. The third-order valence-corrected chi connectivity index (χ3v) is 4.17. The first-order chi connectivity index (χ1) is 11.1. The number of hydrogen-bond acceptors (Lipinski definition) is 4. The van der Waals surface area contributed by atoms with Gasteiger partial charge in [0.05, 0.1) is 19.1 Å². The molecule has 1 aromatic rings. The highest BCUT2D eigenvalue weighted by Gasteiger charge is 2.24. The van der Waals surface area contributed by atoms with E-state index in [1.54, 1.807) is 0 Å². The molecule has 1 atom stereocenters. The molecule has 1 aliphatic rings. The topological polar surface area (TPSA) is 87.5 Å². The fourth-order valence-corrected chi connectivity index (χ4v) is 2.95. The van der Waals surface area contributed by atoms with E-state index in [1.165, 1.54) is 0 Å². The van der Waals surface area contributed by atoms with Gasteiger partial charge in [0, 0.05) is 11.6 Å². The van der Waals surface area contributed by atoms with Crippen molar-refractivity contribution < 1.29 is 9.59 Å². The van der Waals surface area contributed by atoms with Crippen LogP contribution in [0.3, 0.4) is 0 Å². The zero-order valence-electron chi connectivity index (χ0n) is 13.9. The number of halogens is 3. The van der Waals surface area contributed by atoms with Crippen LogP contribution in [-0.4, -0.2) is 49.4 Å². The van der Waals surface area contributed by atoms with Crippen LogP contribution in [0.15, 0.2) is 24.3 Å². The van der Waals surface area contributed by atoms with Gasteiger partial charge in [0.2, 0.25) is 11.8 Å². The molecular weight excluding hydrogens is 387 g/mol. The van der Waals surface area contributed by atoms with Gasteiger partial charge in [-0.25, -0.2) is 0 Å². The van der Waals surface area contributed by atoms with Gasteiger partial charge >= 0.3 is 0 Å². The fraction of sp³-hybridized carbons (Fsp3) is 0.500. The standard InChI is InChI=1S/C16H23ClN4O2.2ClH/c17-13-5-3-4-12(8-13)14(21-6-1-2-7-21)10-19-16(23)11-20-15(22)9-18;;/h3-5,8,14H,1-2,6-7,9-11,18H2,(H,19,23)(H,20,22);2*1H. The van der Waals surface area contributed by atoms with Crippen LogP contribution in [0.1, 0.15) is 24.4 Å². The lowest BCUT2D eigenvalue weighted by Crippen LogP contribution is -2.42. The van der Waals surface area contributed by atoms with Crippen LogP contribution in [-0.2, 0) is 9.59 Å². The molecule has 1 aromatic carbocycles. The Balaban J connectivity index is 0.00000288. The summed E-state index contributed by atoms with van der Waals surface area (Å²) in [6.45, 7) is 2.33. The van der Waals surface area contributed by atoms with Crippen molar-refractivity contribution in [3.05, 3.63) is 34.9 Å². The van der Waals surface area contributed by atoms with Gasteiger partial charge in [-0.05, 0) is 43.6 Å². The molecular formula is C16H25Cl3N4O2. The van der Waals surface area contributed by atoms with Crippen molar-refractivity contribution in [2.75, 3.05) is 32.7 Å². The zero-order chi connectivity index (χ0) is 16.7. The van der Waals surface area contributed by atoms with Crippen LogP contribution in [0.2, 0.25) is 5.02 Å². The summed E-state index contributed by atoms with van der Waals surface area (Å²) in [7, 11) is 0. The Morgan fingerprint density at radius 1 is 1.16 bits per heavy atom. The third-order valence-electron chi connectivity index (χ3n) is 3.94. The Kier molecular flexibility index (Phi) is 11.8. The van der Waals surface area contributed by atoms with Gasteiger partial charge < -0.3 is 16.4 Å². The van der Waals surface area contributed by atoms with E-state index in [0.717, 1.165) is 31.5 Å². The summed E-state index contributed by atoms with van der Waals surface area (Å²) in [6.07, 6.45) is 2.33. The minimum atomic E-state index is -0.342. The van der Waals surface area contributed by atoms with Gasteiger partial charge in [-0.15, -0.1) is 24.8 Å². The molecule has 25 heavy (non-hydrogen) atoms. The molecule has 1 heterocycles. The Labute approximate surface area is 165 Å². The molecule has 0 saturated carbocycles. The first kappa shape index (κ1) is 23.9. The van der Waals surface area contributed by atoms with Gasteiger partial charge in [-0.2, -0.15) is 0 Å². The SMILES string of the molecule is Cl.Cl.NCC(=O)NCC(=O)NCC(c1cccc(Cl)c1)N1CCCC1. The number of nitrogens with one attached hydrogen (secondary N) is 2. The third kappa shape index (κ3) is 7.79. The van der Waals surface area contributed by atoms with E-state index in [4.69, 9.17) is 17.3 Å². The number of rotatable bonds is 7. The van der Waals surface area contributed by atoms with E-state index < -0.39 is 0 Å². The molecule has 0 spiro atoms. The minimum absolute atomic E-state index is 0. The lowest BCUT2D eigenvalue weighted by Gasteiger charge is -2.28. The molecule has 1 unspecified atom stereocenters. The van der Waals surface area contributed by atoms with E-state index in [1.807, 2.05) is 24.3 Å². The van der Waals surface area contributed by atoms with E-state index >= 15 is 0 Å². The summed E-state index contributed by atoms with van der Waals surface area (Å²) in [5.74, 6) is -0.566. The van der Waals surface area contributed by atoms with Crippen molar-refractivity contribution in [2.45, 2.75) is 18.9 Å². The summed E-state index contributed by atoms with van der Waals surface area (Å²) in [6, 6.07) is 7.81. The Bertz CT molecular complexity index is 554. The van der Waals surface area contributed by atoms with Gasteiger partial charge in [-0.3, -0.25) is 14.5 Å². The van der Waals surface area contributed by atoms with Crippen molar-refractivity contribution in [3.8, 4) is 0 Å². The number of amides is 2. The molecule has 1 fully saturated rings. The lowest BCUT2D eigenvalue weighted by atomic mass is 10.1. The number of likely N-dealkylation sites (tertiary alicyclic amines) is 1. The van der Waals surface area contributed by atoms with Crippen LogP contribution < -0.4 is 16.4 Å². The minimum Gasteiger partial charge on any atom is -0.353 e. The molecule has 2 rings (SSSR count). The average molecular weight is 412 g/mol. The highest BCUT2D eigenvalue weighted by molar-refractivity contribution is 6.30. The number of carbonyl (C=O) groups excluding carboxylic acids is 2.